The van der Waals surface area contributed by atoms with E-state index >= 15 is 0 Å². The van der Waals surface area contributed by atoms with Crippen LogP contribution in [0.1, 0.15) is 26.3 Å². The van der Waals surface area contributed by atoms with Crippen LogP contribution in [0.5, 0.6) is 11.5 Å². The van der Waals surface area contributed by atoms with Gasteiger partial charge in [-0.3, -0.25) is 9.10 Å². The minimum Gasteiger partial charge on any atom is -0.490 e. The summed E-state index contributed by atoms with van der Waals surface area (Å²) >= 11 is 0. The lowest BCUT2D eigenvalue weighted by molar-refractivity contribution is -0.122. The summed E-state index contributed by atoms with van der Waals surface area (Å²) in [4.78, 5) is 12.7. The van der Waals surface area contributed by atoms with Crippen LogP contribution in [-0.2, 0) is 21.4 Å². The van der Waals surface area contributed by atoms with E-state index in [0.717, 1.165) is 28.8 Å². The zero-order valence-corrected chi connectivity index (χ0v) is 18.6. The monoisotopic (exact) mass is 456 g/mol. The third kappa shape index (κ3) is 6.30. The smallest absolute Gasteiger partial charge is 0.243 e. The Morgan fingerprint density at radius 3 is 2.26 bits per heavy atom. The van der Waals surface area contributed by atoms with Crippen LogP contribution >= 0.6 is 0 Å². The molecule has 1 atom stereocenters. The molecule has 0 aliphatic heterocycles. The minimum atomic E-state index is -3.95. The van der Waals surface area contributed by atoms with Gasteiger partial charge in [0.2, 0.25) is 15.9 Å². The molecule has 0 radical (unpaired) electrons. The van der Waals surface area contributed by atoms with Gasteiger partial charge in [0.05, 0.1) is 25.2 Å². The number of nitrogens with zero attached hydrogens (tertiary/aromatic N) is 1. The van der Waals surface area contributed by atoms with Crippen molar-refractivity contribution in [2.75, 3.05) is 23.8 Å². The van der Waals surface area contributed by atoms with Gasteiger partial charge in [0.25, 0.3) is 0 Å². The van der Waals surface area contributed by atoms with Crippen molar-refractivity contribution >= 4 is 21.6 Å². The lowest BCUT2D eigenvalue weighted by Crippen LogP contribution is -2.47. The summed E-state index contributed by atoms with van der Waals surface area (Å²) in [5.41, 5.74) is 0.565. The minimum absolute atomic E-state index is 0.102. The largest absolute Gasteiger partial charge is 0.490 e. The van der Waals surface area contributed by atoms with Gasteiger partial charge in [0.15, 0.2) is 23.1 Å². The fraction of sp³-hybridized carbons (Fsp3) is 0.381. The highest BCUT2D eigenvalue weighted by molar-refractivity contribution is 7.92. The molecule has 10 heteroatoms. The molecule has 1 amide bonds. The Hall–Kier alpha value is -2.88. The van der Waals surface area contributed by atoms with Crippen molar-refractivity contribution in [1.29, 1.82) is 0 Å². The maximum absolute atomic E-state index is 13.6. The third-order valence-electron chi connectivity index (χ3n) is 4.32. The molecule has 2 rings (SSSR count). The maximum atomic E-state index is 13.6. The highest BCUT2D eigenvalue weighted by Crippen LogP contribution is 2.28. The molecule has 0 bridgehead atoms. The highest BCUT2D eigenvalue weighted by atomic mass is 32.2. The number of anilines is 1. The van der Waals surface area contributed by atoms with Gasteiger partial charge in [0, 0.05) is 12.6 Å². The van der Waals surface area contributed by atoms with Gasteiger partial charge in [-0.15, -0.1) is 0 Å². The molecule has 0 spiro atoms. The van der Waals surface area contributed by atoms with Crippen molar-refractivity contribution in [3.63, 3.8) is 0 Å². The Kier molecular flexibility index (Phi) is 8.21. The van der Waals surface area contributed by atoms with E-state index in [1.165, 1.54) is 6.92 Å². The number of rotatable bonds is 10. The van der Waals surface area contributed by atoms with Crippen molar-refractivity contribution < 1.29 is 31.5 Å². The number of carbonyl (C=O) groups excluding carboxylic acids is 1. The molecule has 31 heavy (non-hydrogen) atoms. The van der Waals surface area contributed by atoms with Crippen LogP contribution in [-0.4, -0.2) is 39.8 Å². The fourth-order valence-corrected chi connectivity index (χ4v) is 4.14. The number of carbonyl (C=O) groups is 1. The Bertz CT molecular complexity index is 1030. The predicted octanol–water partition coefficient (Wildman–Crippen LogP) is 3.23. The normalized spacial score (nSPS) is 12.2. The first-order valence-corrected chi connectivity index (χ1v) is 11.5. The van der Waals surface area contributed by atoms with Crippen LogP contribution in [0.4, 0.5) is 14.5 Å². The molecule has 0 unspecified atom stereocenters. The van der Waals surface area contributed by atoms with Crippen molar-refractivity contribution in [1.82, 2.24) is 5.32 Å². The zero-order valence-electron chi connectivity index (χ0n) is 17.8. The topological polar surface area (TPSA) is 84.9 Å². The molecule has 0 heterocycles. The molecule has 0 aliphatic carbocycles. The number of hydrogen-bond donors (Lipinski definition) is 1. The molecular weight excluding hydrogens is 430 g/mol. The average molecular weight is 457 g/mol. The molecule has 170 valence electrons. The van der Waals surface area contributed by atoms with Crippen molar-refractivity contribution in [3.05, 3.63) is 53.6 Å². The van der Waals surface area contributed by atoms with E-state index < -0.39 is 33.6 Å². The van der Waals surface area contributed by atoms with Crippen LogP contribution in [0.3, 0.4) is 0 Å². The molecule has 0 fully saturated rings. The molecular formula is C21H26F2N2O5S. The van der Waals surface area contributed by atoms with Gasteiger partial charge >= 0.3 is 0 Å². The van der Waals surface area contributed by atoms with Gasteiger partial charge in [-0.05, 0) is 50.6 Å². The first-order valence-electron chi connectivity index (χ1n) is 9.69. The quantitative estimate of drug-likeness (QED) is 0.593. The Balaban J connectivity index is 2.19. The summed E-state index contributed by atoms with van der Waals surface area (Å²) in [6, 6.07) is 6.65. The number of amides is 1. The summed E-state index contributed by atoms with van der Waals surface area (Å²) in [6.45, 7) is 6.06. The first-order chi connectivity index (χ1) is 14.6. The number of sulfonamides is 1. The van der Waals surface area contributed by atoms with Gasteiger partial charge in [0.1, 0.15) is 6.04 Å². The Labute approximate surface area is 181 Å². The average Bonchev–Trinajstić information content (AvgIpc) is 2.70. The molecule has 2 aromatic rings. The second kappa shape index (κ2) is 10.4. The maximum Gasteiger partial charge on any atom is 0.243 e. The van der Waals surface area contributed by atoms with Crippen molar-refractivity contribution in [2.24, 2.45) is 0 Å². The van der Waals surface area contributed by atoms with Crippen LogP contribution in [0.15, 0.2) is 36.4 Å². The lowest BCUT2D eigenvalue weighted by atomic mass is 10.2. The number of benzene rings is 2. The third-order valence-corrected chi connectivity index (χ3v) is 5.56. The summed E-state index contributed by atoms with van der Waals surface area (Å²) in [5, 5.41) is 2.66. The SMILES string of the molecule is CCOc1ccc(CNC(=O)[C@H](C)N(c2ccc(F)c(F)c2)S(C)(=O)=O)cc1OCC. The van der Waals surface area contributed by atoms with Crippen LogP contribution < -0.4 is 19.1 Å². The molecule has 2 aromatic carbocycles. The van der Waals surface area contributed by atoms with Gasteiger partial charge in [-0.2, -0.15) is 0 Å². The second-order valence-electron chi connectivity index (χ2n) is 6.70. The summed E-state index contributed by atoms with van der Waals surface area (Å²) in [6.07, 6.45) is 0.888. The van der Waals surface area contributed by atoms with Gasteiger partial charge in [-0.1, -0.05) is 6.07 Å². The Morgan fingerprint density at radius 1 is 1.03 bits per heavy atom. The van der Waals surface area contributed by atoms with E-state index in [0.29, 0.717) is 30.3 Å². The van der Waals surface area contributed by atoms with Gasteiger partial charge in [-0.25, -0.2) is 17.2 Å². The van der Waals surface area contributed by atoms with E-state index in [1.807, 2.05) is 13.8 Å². The molecule has 0 saturated carbocycles. The van der Waals surface area contributed by atoms with Crippen molar-refractivity contribution in [3.8, 4) is 11.5 Å². The summed E-state index contributed by atoms with van der Waals surface area (Å²) in [5.74, 6) is -1.83. The second-order valence-corrected chi connectivity index (χ2v) is 8.56. The number of halogens is 2. The van der Waals surface area contributed by atoms with E-state index in [-0.39, 0.29) is 12.2 Å². The standard InChI is InChI=1S/C21H26F2N2O5S/c1-5-29-19-10-7-15(11-20(19)30-6-2)13-24-21(26)14(3)25(31(4,27)28)16-8-9-17(22)18(23)12-16/h7-12,14H,5-6,13H2,1-4H3,(H,24,26)/t14-/m0/s1. The van der Waals surface area contributed by atoms with Crippen LogP contribution in [0, 0.1) is 11.6 Å². The lowest BCUT2D eigenvalue weighted by Gasteiger charge is -2.28. The van der Waals surface area contributed by atoms with E-state index in [1.54, 1.807) is 18.2 Å². The molecule has 7 nitrogen and oxygen atoms in total. The molecule has 1 N–H and O–H groups in total. The molecule has 0 saturated heterocycles. The van der Waals surface area contributed by atoms with Crippen LogP contribution in [0.25, 0.3) is 0 Å². The molecule has 0 aromatic heterocycles. The zero-order chi connectivity index (χ0) is 23.2. The Morgan fingerprint density at radius 2 is 1.68 bits per heavy atom. The first kappa shape index (κ1) is 24.4. The van der Waals surface area contributed by atoms with Crippen molar-refractivity contribution in [2.45, 2.75) is 33.4 Å². The summed E-state index contributed by atoms with van der Waals surface area (Å²) in [7, 11) is -3.95. The summed E-state index contributed by atoms with van der Waals surface area (Å²) < 4.78 is 63.2. The fourth-order valence-electron chi connectivity index (χ4n) is 2.97. The number of nitrogens with one attached hydrogen (secondary N) is 1. The van der Waals surface area contributed by atoms with E-state index in [4.69, 9.17) is 9.47 Å². The van der Waals surface area contributed by atoms with E-state index in [9.17, 15) is 22.0 Å². The number of hydrogen-bond acceptors (Lipinski definition) is 5. The van der Waals surface area contributed by atoms with E-state index in [2.05, 4.69) is 5.32 Å². The highest BCUT2D eigenvalue weighted by Gasteiger charge is 2.29. The van der Waals surface area contributed by atoms with Gasteiger partial charge < -0.3 is 14.8 Å². The van der Waals surface area contributed by atoms with Crippen LogP contribution in [0.2, 0.25) is 0 Å². The number of ether oxygens (including phenoxy) is 2. The molecule has 0 aliphatic rings. The predicted molar refractivity (Wildman–Crippen MR) is 114 cm³/mol.